The molecule has 0 saturated carbocycles. The fourth-order valence-corrected chi connectivity index (χ4v) is 5.72. The largest absolute Gasteiger partial charge is 0.335 e. The normalized spacial score (nSPS) is 18.8. The number of rotatable bonds is 6. The second-order valence-corrected chi connectivity index (χ2v) is 10.2. The molecule has 4 heteroatoms. The summed E-state index contributed by atoms with van der Waals surface area (Å²) in [5.74, 6) is 0.389. The number of carbonyl (C=O) groups is 1. The minimum absolute atomic E-state index is 0.126. The van der Waals surface area contributed by atoms with Crippen molar-refractivity contribution < 1.29 is 4.79 Å². The number of hydrogen-bond acceptors (Lipinski definition) is 3. The molecule has 2 heterocycles. The Morgan fingerprint density at radius 3 is 2.50 bits per heavy atom. The molecule has 1 saturated heterocycles. The molecule has 1 fully saturated rings. The van der Waals surface area contributed by atoms with Crippen LogP contribution in [0.5, 0.6) is 0 Å². The van der Waals surface area contributed by atoms with Gasteiger partial charge in [-0.15, -0.1) is 0 Å². The van der Waals surface area contributed by atoms with Crippen LogP contribution in [-0.2, 0) is 6.54 Å². The molecule has 1 aliphatic rings. The van der Waals surface area contributed by atoms with E-state index < -0.39 is 0 Å². The smallest absolute Gasteiger partial charge is 0.254 e. The molecule has 0 radical (unpaired) electrons. The van der Waals surface area contributed by atoms with Crippen molar-refractivity contribution in [2.24, 2.45) is 0 Å². The third kappa shape index (κ3) is 5.19. The monoisotopic (exact) mass is 477 g/mol. The first-order chi connectivity index (χ1) is 17.5. The summed E-state index contributed by atoms with van der Waals surface area (Å²) in [5.41, 5.74) is 6.64. The van der Waals surface area contributed by atoms with E-state index in [1.165, 1.54) is 16.5 Å². The lowest BCUT2D eigenvalue weighted by molar-refractivity contribution is 0.0538. The van der Waals surface area contributed by atoms with E-state index in [0.717, 1.165) is 48.1 Å². The van der Waals surface area contributed by atoms with Gasteiger partial charge in [0, 0.05) is 48.2 Å². The molecule has 1 aliphatic heterocycles. The van der Waals surface area contributed by atoms with E-state index in [2.05, 4.69) is 96.6 Å². The summed E-state index contributed by atoms with van der Waals surface area (Å²) in [6, 6.07) is 27.7. The Balaban J connectivity index is 1.38. The quantitative estimate of drug-likeness (QED) is 0.349. The number of fused-ring (bicyclic) bond motifs is 1. The van der Waals surface area contributed by atoms with E-state index >= 15 is 0 Å². The highest BCUT2D eigenvalue weighted by molar-refractivity contribution is 5.95. The van der Waals surface area contributed by atoms with Crippen molar-refractivity contribution in [3.63, 3.8) is 0 Å². The molecular weight excluding hydrogens is 442 g/mol. The van der Waals surface area contributed by atoms with Crippen molar-refractivity contribution in [3.05, 3.63) is 113 Å². The van der Waals surface area contributed by atoms with E-state index in [1.807, 2.05) is 24.4 Å². The topological polar surface area (TPSA) is 45.2 Å². The molecule has 4 aromatic rings. The van der Waals surface area contributed by atoms with Gasteiger partial charge in [-0.2, -0.15) is 0 Å². The molecule has 36 heavy (non-hydrogen) atoms. The summed E-state index contributed by atoms with van der Waals surface area (Å²) in [6.07, 6.45) is 3.76. The van der Waals surface area contributed by atoms with E-state index in [9.17, 15) is 4.79 Å². The molecule has 0 aliphatic carbocycles. The van der Waals surface area contributed by atoms with Gasteiger partial charge in [-0.1, -0.05) is 72.6 Å². The molecule has 1 amide bonds. The Hall–Kier alpha value is -3.50. The molecule has 1 N–H and O–H groups in total. The van der Waals surface area contributed by atoms with Gasteiger partial charge in [0.25, 0.3) is 5.91 Å². The van der Waals surface area contributed by atoms with Crippen molar-refractivity contribution in [2.75, 3.05) is 6.54 Å². The molecule has 1 unspecified atom stereocenters. The van der Waals surface area contributed by atoms with Crippen molar-refractivity contribution in [1.82, 2.24) is 15.2 Å². The number of likely N-dealkylation sites (tertiary alicyclic amines) is 1. The average molecular weight is 478 g/mol. The van der Waals surface area contributed by atoms with Crippen LogP contribution in [0.3, 0.4) is 0 Å². The van der Waals surface area contributed by atoms with E-state index in [1.54, 1.807) is 0 Å². The third-order valence-corrected chi connectivity index (χ3v) is 7.60. The first-order valence-electron chi connectivity index (χ1n) is 13.0. The number of nitrogens with zero attached hydrogens (tertiary/aromatic N) is 2. The maximum atomic E-state index is 13.8. The summed E-state index contributed by atoms with van der Waals surface area (Å²) >= 11 is 0. The number of aromatic nitrogens is 1. The van der Waals surface area contributed by atoms with Crippen molar-refractivity contribution >= 4 is 16.8 Å². The molecule has 184 valence electrons. The van der Waals surface area contributed by atoms with Crippen LogP contribution in [0.2, 0.25) is 0 Å². The second-order valence-electron chi connectivity index (χ2n) is 10.2. The Kier molecular flexibility index (Phi) is 7.15. The molecule has 4 nitrogen and oxygen atoms in total. The molecule has 3 atom stereocenters. The zero-order valence-corrected chi connectivity index (χ0v) is 21.4. The van der Waals surface area contributed by atoms with Crippen LogP contribution in [0.15, 0.2) is 85.1 Å². The van der Waals surface area contributed by atoms with Gasteiger partial charge in [0.15, 0.2) is 0 Å². The summed E-state index contributed by atoms with van der Waals surface area (Å²) in [4.78, 5) is 20.4. The third-order valence-electron chi connectivity index (χ3n) is 7.60. The summed E-state index contributed by atoms with van der Waals surface area (Å²) in [6.45, 7) is 7.94. The number of benzene rings is 3. The van der Waals surface area contributed by atoms with Gasteiger partial charge in [-0.05, 0) is 62.1 Å². The van der Waals surface area contributed by atoms with Gasteiger partial charge < -0.3 is 10.2 Å². The molecule has 0 spiro atoms. The zero-order chi connectivity index (χ0) is 25.1. The number of carbonyl (C=O) groups excluding carboxylic acids is 1. The predicted octanol–water partition coefficient (Wildman–Crippen LogP) is 6.42. The van der Waals surface area contributed by atoms with Gasteiger partial charge in [0.05, 0.1) is 5.52 Å². The Labute approximate surface area is 214 Å². The molecular formula is C32H35N3O. The van der Waals surface area contributed by atoms with Crippen LogP contribution in [0.25, 0.3) is 10.9 Å². The maximum Gasteiger partial charge on any atom is 0.254 e. The van der Waals surface area contributed by atoms with Crippen LogP contribution in [0, 0.1) is 13.8 Å². The number of piperidine rings is 1. The van der Waals surface area contributed by atoms with Crippen LogP contribution < -0.4 is 5.32 Å². The van der Waals surface area contributed by atoms with E-state index in [-0.39, 0.29) is 17.9 Å². The van der Waals surface area contributed by atoms with E-state index in [0.29, 0.717) is 6.04 Å². The number of hydrogen-bond donors (Lipinski definition) is 1. The highest BCUT2D eigenvalue weighted by Gasteiger charge is 2.36. The fraction of sp³-hybridized carbons (Fsp3) is 0.312. The van der Waals surface area contributed by atoms with Gasteiger partial charge in [-0.3, -0.25) is 9.78 Å². The lowest BCUT2D eigenvalue weighted by atomic mass is 9.84. The minimum Gasteiger partial charge on any atom is -0.335 e. The Bertz CT molecular complexity index is 1320. The summed E-state index contributed by atoms with van der Waals surface area (Å²) in [5, 5.41) is 5.02. The molecule has 3 aromatic carbocycles. The van der Waals surface area contributed by atoms with Crippen LogP contribution in [0.4, 0.5) is 0 Å². The highest BCUT2D eigenvalue weighted by Crippen LogP contribution is 2.32. The fourth-order valence-electron chi connectivity index (χ4n) is 5.72. The lowest BCUT2D eigenvalue weighted by Gasteiger charge is -2.43. The highest BCUT2D eigenvalue weighted by atomic mass is 16.2. The summed E-state index contributed by atoms with van der Waals surface area (Å²) in [7, 11) is 0. The first-order valence-corrected chi connectivity index (χ1v) is 13.0. The minimum atomic E-state index is 0.126. The molecule has 5 rings (SSSR count). The number of aryl methyl sites for hydroxylation is 2. The van der Waals surface area contributed by atoms with Crippen LogP contribution in [0.1, 0.15) is 58.3 Å². The Morgan fingerprint density at radius 1 is 1.00 bits per heavy atom. The van der Waals surface area contributed by atoms with Gasteiger partial charge in [0.1, 0.15) is 0 Å². The zero-order valence-electron chi connectivity index (χ0n) is 21.4. The maximum absolute atomic E-state index is 13.8. The van der Waals surface area contributed by atoms with Crippen LogP contribution in [-0.4, -0.2) is 34.4 Å². The van der Waals surface area contributed by atoms with Crippen molar-refractivity contribution in [3.8, 4) is 0 Å². The number of pyridine rings is 1. The second kappa shape index (κ2) is 10.6. The van der Waals surface area contributed by atoms with Gasteiger partial charge in [-0.25, -0.2) is 0 Å². The SMILES string of the molecule is Cc1cc(C)cc(C(=O)N2CC[C@H](NCc3ccnc4ccccc34)C[C@H]2C(C)c2ccccc2)c1. The number of amides is 1. The van der Waals surface area contributed by atoms with E-state index in [4.69, 9.17) is 0 Å². The molecule has 0 bridgehead atoms. The first kappa shape index (κ1) is 24.2. The standard InChI is InChI=1S/C32H35N3O/c1-22-17-23(2)19-27(18-22)32(36)35-16-14-28(20-31(35)24(3)25-9-5-4-6-10-25)34-21-26-13-15-33-30-12-8-7-11-29(26)30/h4-13,15,17-19,24,28,31,34H,14,16,20-21H2,1-3H3/t24?,28-,31-/m0/s1. The van der Waals surface area contributed by atoms with Gasteiger partial charge in [0.2, 0.25) is 0 Å². The van der Waals surface area contributed by atoms with Crippen LogP contribution >= 0.6 is 0 Å². The lowest BCUT2D eigenvalue weighted by Crippen LogP contribution is -2.52. The Morgan fingerprint density at radius 2 is 1.72 bits per heavy atom. The molecule has 1 aromatic heterocycles. The number of nitrogens with one attached hydrogen (secondary N) is 1. The predicted molar refractivity (Wildman–Crippen MR) is 147 cm³/mol. The average Bonchev–Trinajstić information content (AvgIpc) is 2.91. The number of para-hydroxylation sites is 1. The van der Waals surface area contributed by atoms with Gasteiger partial charge >= 0.3 is 0 Å². The van der Waals surface area contributed by atoms with Crippen molar-refractivity contribution in [1.29, 1.82) is 0 Å². The van der Waals surface area contributed by atoms with Crippen molar-refractivity contribution in [2.45, 2.75) is 58.2 Å². The summed E-state index contributed by atoms with van der Waals surface area (Å²) < 4.78 is 0.